The third kappa shape index (κ3) is 2.34. The predicted molar refractivity (Wildman–Crippen MR) is 66.2 cm³/mol. The van der Waals surface area contributed by atoms with E-state index in [1.807, 2.05) is 19.1 Å². The van der Waals surface area contributed by atoms with Crippen molar-refractivity contribution in [3.63, 3.8) is 0 Å². The number of rotatable bonds is 2. The molecule has 0 saturated heterocycles. The van der Waals surface area contributed by atoms with Crippen LogP contribution in [-0.4, -0.2) is 23.0 Å². The predicted octanol–water partition coefficient (Wildman–Crippen LogP) is 2.61. The summed E-state index contributed by atoms with van der Waals surface area (Å²) in [5.41, 5.74) is 1.04. The first-order valence-electron chi connectivity index (χ1n) is 5.10. The number of aromatic nitrogens is 2. The van der Waals surface area contributed by atoms with Gasteiger partial charge in [-0.05, 0) is 26.0 Å². The minimum atomic E-state index is -0.406. The summed E-state index contributed by atoms with van der Waals surface area (Å²) >= 11 is 1.63. The van der Waals surface area contributed by atoms with E-state index in [1.165, 1.54) is 18.2 Å². The Balaban J connectivity index is 2.40. The average Bonchev–Trinajstić information content (AvgIpc) is 2.75. The summed E-state index contributed by atoms with van der Waals surface area (Å²) in [6.45, 7) is 3.81. The van der Waals surface area contributed by atoms with Gasteiger partial charge in [0.25, 0.3) is 0 Å². The number of methoxy groups -OCH3 is 1. The summed E-state index contributed by atoms with van der Waals surface area (Å²) in [6, 6.07) is 4.00. The van der Waals surface area contributed by atoms with Gasteiger partial charge in [-0.25, -0.2) is 14.8 Å². The normalized spacial score (nSPS) is 10.3. The summed E-state index contributed by atoms with van der Waals surface area (Å²) in [5, 5.41) is 0. The van der Waals surface area contributed by atoms with Gasteiger partial charge in [0.2, 0.25) is 0 Å². The molecular weight excluding hydrogens is 236 g/mol. The fourth-order valence-electron chi connectivity index (χ4n) is 1.45. The maximum Gasteiger partial charge on any atom is 0.341 e. The van der Waals surface area contributed by atoms with E-state index >= 15 is 0 Å². The lowest BCUT2D eigenvalue weighted by Gasteiger charge is -2.03. The Morgan fingerprint density at radius 2 is 2.12 bits per heavy atom. The number of ether oxygens (including phenoxy) is 1. The number of hydrogen-bond donors (Lipinski definition) is 0. The molecule has 4 nitrogen and oxygen atoms in total. The second-order valence-corrected chi connectivity index (χ2v) is 4.88. The highest BCUT2D eigenvalue weighted by Crippen LogP contribution is 2.25. The smallest absolute Gasteiger partial charge is 0.341 e. The zero-order valence-corrected chi connectivity index (χ0v) is 10.7. The molecule has 0 bridgehead atoms. The van der Waals surface area contributed by atoms with Crippen molar-refractivity contribution >= 4 is 17.3 Å². The summed E-state index contributed by atoms with van der Waals surface area (Å²) < 4.78 is 4.65. The van der Waals surface area contributed by atoms with E-state index in [1.54, 1.807) is 18.3 Å². The molecule has 2 aromatic rings. The van der Waals surface area contributed by atoms with Crippen LogP contribution in [0.2, 0.25) is 0 Å². The SMILES string of the molecule is COC(=O)c1cnc(-c2ccc(C)s2)nc1C. The molecule has 0 N–H and O–H groups in total. The zero-order valence-electron chi connectivity index (χ0n) is 9.85. The molecule has 0 aliphatic rings. The number of carbonyl (C=O) groups excluding carboxylic acids is 1. The van der Waals surface area contributed by atoms with Gasteiger partial charge in [0.1, 0.15) is 0 Å². The van der Waals surface area contributed by atoms with Gasteiger partial charge < -0.3 is 4.74 Å². The largest absolute Gasteiger partial charge is 0.465 e. The molecule has 0 amide bonds. The van der Waals surface area contributed by atoms with E-state index in [2.05, 4.69) is 14.7 Å². The van der Waals surface area contributed by atoms with Crippen molar-refractivity contribution < 1.29 is 9.53 Å². The highest BCUT2D eigenvalue weighted by molar-refractivity contribution is 7.15. The van der Waals surface area contributed by atoms with Crippen molar-refractivity contribution in [2.75, 3.05) is 7.11 Å². The molecule has 0 fully saturated rings. The highest BCUT2D eigenvalue weighted by Gasteiger charge is 2.13. The van der Waals surface area contributed by atoms with E-state index in [0.29, 0.717) is 17.1 Å². The van der Waals surface area contributed by atoms with Crippen molar-refractivity contribution in [2.45, 2.75) is 13.8 Å². The minimum absolute atomic E-state index is 0.406. The van der Waals surface area contributed by atoms with Gasteiger partial charge in [0, 0.05) is 11.1 Å². The topological polar surface area (TPSA) is 52.1 Å². The van der Waals surface area contributed by atoms with Gasteiger partial charge in [-0.2, -0.15) is 0 Å². The van der Waals surface area contributed by atoms with Gasteiger partial charge >= 0.3 is 5.97 Å². The molecule has 2 heterocycles. The minimum Gasteiger partial charge on any atom is -0.465 e. The van der Waals surface area contributed by atoms with Crippen LogP contribution in [0.15, 0.2) is 18.3 Å². The molecule has 0 radical (unpaired) electrons. The zero-order chi connectivity index (χ0) is 12.4. The van der Waals surface area contributed by atoms with Crippen molar-refractivity contribution in [2.24, 2.45) is 0 Å². The average molecular weight is 248 g/mol. The summed E-state index contributed by atoms with van der Waals surface area (Å²) in [4.78, 5) is 22.1. The van der Waals surface area contributed by atoms with Gasteiger partial charge in [0.05, 0.1) is 23.2 Å². The van der Waals surface area contributed by atoms with Crippen LogP contribution in [0.3, 0.4) is 0 Å². The molecule has 0 aliphatic heterocycles. The maximum absolute atomic E-state index is 11.4. The lowest BCUT2D eigenvalue weighted by molar-refractivity contribution is 0.0599. The first-order chi connectivity index (χ1) is 8.11. The van der Waals surface area contributed by atoms with Crippen LogP contribution in [0, 0.1) is 13.8 Å². The van der Waals surface area contributed by atoms with Gasteiger partial charge in [-0.3, -0.25) is 0 Å². The molecule has 0 saturated carbocycles. The number of nitrogens with zero attached hydrogens (tertiary/aromatic N) is 2. The van der Waals surface area contributed by atoms with Gasteiger partial charge in [0.15, 0.2) is 5.82 Å². The summed E-state index contributed by atoms with van der Waals surface area (Å²) in [6.07, 6.45) is 1.51. The Kier molecular flexibility index (Phi) is 3.19. The first-order valence-corrected chi connectivity index (χ1v) is 5.92. The van der Waals surface area contributed by atoms with E-state index in [-0.39, 0.29) is 0 Å². The number of hydrogen-bond acceptors (Lipinski definition) is 5. The number of esters is 1. The molecule has 0 unspecified atom stereocenters. The lowest BCUT2D eigenvalue weighted by atomic mass is 10.2. The number of aryl methyl sites for hydroxylation is 2. The Morgan fingerprint density at radius 3 is 2.65 bits per heavy atom. The van der Waals surface area contributed by atoms with Crippen LogP contribution < -0.4 is 0 Å². The third-order valence-electron chi connectivity index (χ3n) is 2.35. The molecule has 17 heavy (non-hydrogen) atoms. The molecular formula is C12H12N2O2S. The van der Waals surface area contributed by atoms with E-state index in [0.717, 1.165) is 4.88 Å². The van der Waals surface area contributed by atoms with Gasteiger partial charge in [-0.15, -0.1) is 11.3 Å². The second kappa shape index (κ2) is 4.63. The van der Waals surface area contributed by atoms with Crippen LogP contribution >= 0.6 is 11.3 Å². The van der Waals surface area contributed by atoms with E-state index in [9.17, 15) is 4.79 Å². The lowest BCUT2D eigenvalue weighted by Crippen LogP contribution is -2.06. The fraction of sp³-hybridized carbons (Fsp3) is 0.250. The van der Waals surface area contributed by atoms with Crippen molar-refractivity contribution in [3.05, 3.63) is 34.5 Å². The number of carbonyl (C=O) groups is 1. The van der Waals surface area contributed by atoms with Crippen molar-refractivity contribution in [1.29, 1.82) is 0 Å². The first kappa shape index (κ1) is 11.7. The monoisotopic (exact) mass is 248 g/mol. The Hall–Kier alpha value is -1.75. The Bertz CT molecular complexity index is 563. The maximum atomic E-state index is 11.4. The Labute approximate surface area is 103 Å². The quantitative estimate of drug-likeness (QED) is 0.766. The third-order valence-corrected chi connectivity index (χ3v) is 3.34. The molecule has 0 atom stereocenters. The molecule has 5 heteroatoms. The molecule has 0 aromatic carbocycles. The van der Waals surface area contributed by atoms with Crippen LogP contribution in [-0.2, 0) is 4.74 Å². The fourth-order valence-corrected chi connectivity index (χ4v) is 2.26. The van der Waals surface area contributed by atoms with Crippen LogP contribution in [0.5, 0.6) is 0 Å². The van der Waals surface area contributed by atoms with E-state index in [4.69, 9.17) is 0 Å². The molecule has 2 aromatic heterocycles. The van der Waals surface area contributed by atoms with Crippen LogP contribution in [0.4, 0.5) is 0 Å². The molecule has 88 valence electrons. The van der Waals surface area contributed by atoms with Crippen LogP contribution in [0.1, 0.15) is 20.9 Å². The highest BCUT2D eigenvalue weighted by atomic mass is 32.1. The van der Waals surface area contributed by atoms with Crippen LogP contribution in [0.25, 0.3) is 10.7 Å². The Morgan fingerprint density at radius 1 is 1.35 bits per heavy atom. The summed E-state index contributed by atoms with van der Waals surface area (Å²) in [5.74, 6) is 0.240. The van der Waals surface area contributed by atoms with Crippen molar-refractivity contribution in [3.8, 4) is 10.7 Å². The molecule has 2 rings (SSSR count). The standard InChI is InChI=1S/C12H12N2O2S/c1-7-4-5-10(17-7)11-13-6-9(8(2)14-11)12(15)16-3/h4-6H,1-3H3. The van der Waals surface area contributed by atoms with Crippen molar-refractivity contribution in [1.82, 2.24) is 9.97 Å². The van der Waals surface area contributed by atoms with Gasteiger partial charge in [-0.1, -0.05) is 0 Å². The summed E-state index contributed by atoms with van der Waals surface area (Å²) in [7, 11) is 1.35. The molecule has 0 spiro atoms. The number of thiophene rings is 1. The van der Waals surface area contributed by atoms with E-state index < -0.39 is 5.97 Å². The second-order valence-electron chi connectivity index (χ2n) is 3.59. The molecule has 0 aliphatic carbocycles.